The monoisotopic (exact) mass is 365 g/mol. The van der Waals surface area contributed by atoms with Crippen LogP contribution in [0.2, 0.25) is 0 Å². The van der Waals surface area contributed by atoms with Crippen molar-refractivity contribution in [3.63, 3.8) is 0 Å². The Bertz CT molecular complexity index is 551. The van der Waals surface area contributed by atoms with Gasteiger partial charge < -0.3 is 14.8 Å². The largest absolute Gasteiger partial charge is 0.503 e. The highest BCUT2D eigenvalue weighted by Gasteiger charge is 2.10. The van der Waals surface area contributed by atoms with Gasteiger partial charge in [0.05, 0.1) is 11.9 Å². The Morgan fingerprint density at radius 2 is 1.19 bits per heavy atom. The number of unbranched alkanes of at least 4 members (excludes halogenated alkanes) is 13. The molecule has 0 aliphatic rings. The van der Waals surface area contributed by atoms with Crippen LogP contribution in [0.5, 0.6) is 11.5 Å². The van der Waals surface area contributed by atoms with Gasteiger partial charge in [-0.05, 0) is 13.3 Å². The van der Waals surface area contributed by atoms with Crippen molar-refractivity contribution in [1.29, 1.82) is 0 Å². The molecule has 2 N–H and O–H groups in total. The number of aromatic nitrogens is 1. The molecule has 0 aromatic carbocycles. The van der Waals surface area contributed by atoms with Crippen molar-refractivity contribution < 1.29 is 10.2 Å². The molecule has 0 unspecified atom stereocenters. The zero-order valence-corrected chi connectivity index (χ0v) is 16.9. The highest BCUT2D eigenvalue weighted by atomic mass is 16.3. The lowest BCUT2D eigenvalue weighted by molar-refractivity contribution is 0.417. The van der Waals surface area contributed by atoms with Crippen molar-refractivity contribution in [2.75, 3.05) is 0 Å². The van der Waals surface area contributed by atoms with E-state index in [9.17, 15) is 15.0 Å². The molecule has 1 aromatic rings. The number of nitrogens with zero attached hydrogens (tertiary/aromatic N) is 1. The van der Waals surface area contributed by atoms with Gasteiger partial charge in [0.1, 0.15) is 0 Å². The number of aromatic hydroxyl groups is 2. The zero-order chi connectivity index (χ0) is 19.2. The molecule has 0 saturated carbocycles. The van der Waals surface area contributed by atoms with Gasteiger partial charge in [0, 0.05) is 6.54 Å². The van der Waals surface area contributed by atoms with E-state index in [2.05, 4.69) is 6.92 Å². The molecule has 4 heteroatoms. The predicted octanol–water partition coefficient (Wildman–Crippen LogP) is 6.05. The maximum Gasteiger partial charge on any atom is 0.264 e. The minimum absolute atomic E-state index is 0.338. The third-order valence-electron chi connectivity index (χ3n) is 5.25. The van der Waals surface area contributed by atoms with Crippen LogP contribution in [0, 0.1) is 6.92 Å². The molecule has 26 heavy (non-hydrogen) atoms. The number of aryl methyl sites for hydroxylation is 1. The van der Waals surface area contributed by atoms with E-state index in [4.69, 9.17) is 0 Å². The molecule has 0 atom stereocenters. The molecule has 0 amide bonds. The van der Waals surface area contributed by atoms with Gasteiger partial charge in [-0.25, -0.2) is 0 Å². The average Bonchev–Trinajstić information content (AvgIpc) is 2.64. The number of pyridine rings is 1. The molecule has 1 heterocycles. The van der Waals surface area contributed by atoms with E-state index >= 15 is 0 Å². The van der Waals surface area contributed by atoms with Gasteiger partial charge in [0.25, 0.3) is 5.43 Å². The first-order valence-electron chi connectivity index (χ1n) is 10.7. The minimum atomic E-state index is -0.681. The zero-order valence-electron chi connectivity index (χ0n) is 16.9. The van der Waals surface area contributed by atoms with Crippen LogP contribution in [0.15, 0.2) is 11.0 Å². The van der Waals surface area contributed by atoms with E-state index < -0.39 is 5.43 Å². The molecule has 4 nitrogen and oxygen atoms in total. The Balaban J connectivity index is 1.98. The fourth-order valence-corrected chi connectivity index (χ4v) is 3.43. The smallest absolute Gasteiger partial charge is 0.264 e. The Hall–Kier alpha value is -1.45. The quantitative estimate of drug-likeness (QED) is 0.372. The molecule has 0 bridgehead atoms. The lowest BCUT2D eigenvalue weighted by atomic mass is 10.0. The van der Waals surface area contributed by atoms with E-state index in [-0.39, 0.29) is 11.5 Å². The molecule has 0 aliphatic carbocycles. The average molecular weight is 366 g/mol. The van der Waals surface area contributed by atoms with E-state index in [1.165, 1.54) is 83.2 Å². The minimum Gasteiger partial charge on any atom is -0.503 e. The molecule has 1 aromatic heterocycles. The Morgan fingerprint density at radius 3 is 1.65 bits per heavy atom. The lowest BCUT2D eigenvalue weighted by Crippen LogP contribution is -2.11. The molecule has 0 fully saturated rings. The normalized spacial score (nSPS) is 11.2. The summed E-state index contributed by atoms with van der Waals surface area (Å²) >= 11 is 0. The summed E-state index contributed by atoms with van der Waals surface area (Å²) in [6.45, 7) is 4.70. The van der Waals surface area contributed by atoms with Crippen LogP contribution in [0.4, 0.5) is 0 Å². The predicted molar refractivity (Wildman–Crippen MR) is 109 cm³/mol. The molecule has 1 rings (SSSR count). The maximum atomic E-state index is 11.4. The van der Waals surface area contributed by atoms with Crippen LogP contribution in [0.1, 0.15) is 103 Å². The van der Waals surface area contributed by atoms with Crippen LogP contribution < -0.4 is 5.43 Å². The van der Waals surface area contributed by atoms with E-state index in [0.29, 0.717) is 5.69 Å². The summed E-state index contributed by atoms with van der Waals surface area (Å²) in [5.41, 5.74) is -0.151. The summed E-state index contributed by atoms with van der Waals surface area (Å²) in [5.74, 6) is -0.714. The summed E-state index contributed by atoms with van der Waals surface area (Å²) in [6.07, 6.45) is 19.9. The van der Waals surface area contributed by atoms with Crippen LogP contribution in [-0.2, 0) is 6.54 Å². The Labute approximate surface area is 159 Å². The third-order valence-corrected chi connectivity index (χ3v) is 5.25. The maximum absolute atomic E-state index is 11.4. The molecular formula is C22H39NO3. The van der Waals surface area contributed by atoms with Gasteiger partial charge in [0.15, 0.2) is 11.5 Å². The van der Waals surface area contributed by atoms with Gasteiger partial charge in [-0.15, -0.1) is 0 Å². The van der Waals surface area contributed by atoms with Gasteiger partial charge in [0.2, 0.25) is 0 Å². The molecule has 0 saturated heterocycles. The van der Waals surface area contributed by atoms with E-state index in [0.717, 1.165) is 19.4 Å². The van der Waals surface area contributed by atoms with Crippen molar-refractivity contribution in [3.8, 4) is 11.5 Å². The summed E-state index contributed by atoms with van der Waals surface area (Å²) in [6, 6.07) is 0. The summed E-state index contributed by atoms with van der Waals surface area (Å²) < 4.78 is 1.77. The second kappa shape index (κ2) is 13.7. The van der Waals surface area contributed by atoms with Crippen molar-refractivity contribution in [3.05, 3.63) is 22.1 Å². The van der Waals surface area contributed by atoms with Gasteiger partial charge in [-0.3, -0.25) is 4.79 Å². The lowest BCUT2D eigenvalue weighted by Gasteiger charge is -2.12. The number of rotatable bonds is 15. The number of hydrogen-bond acceptors (Lipinski definition) is 3. The SMILES string of the molecule is CCCCCCCCCCCCCCCCn1cc(O)c(=O)c(O)c1C. The molecule has 150 valence electrons. The first kappa shape index (κ1) is 22.6. The first-order chi connectivity index (χ1) is 12.6. The second-order valence-corrected chi connectivity index (χ2v) is 7.57. The van der Waals surface area contributed by atoms with Gasteiger partial charge in [-0.2, -0.15) is 0 Å². The molecule has 0 aliphatic heterocycles. The summed E-state index contributed by atoms with van der Waals surface area (Å²) in [4.78, 5) is 11.4. The van der Waals surface area contributed by atoms with Crippen LogP contribution in [0.3, 0.4) is 0 Å². The fraction of sp³-hybridized carbons (Fsp3) is 0.773. The van der Waals surface area contributed by atoms with Crippen molar-refractivity contribution in [2.45, 2.75) is 110 Å². The van der Waals surface area contributed by atoms with Crippen LogP contribution in [0.25, 0.3) is 0 Å². The molecule has 0 spiro atoms. The summed E-state index contributed by atoms with van der Waals surface area (Å²) in [7, 11) is 0. The van der Waals surface area contributed by atoms with E-state index in [1.807, 2.05) is 0 Å². The van der Waals surface area contributed by atoms with Gasteiger partial charge in [-0.1, -0.05) is 90.4 Å². The van der Waals surface area contributed by atoms with Crippen molar-refractivity contribution in [2.24, 2.45) is 0 Å². The third kappa shape index (κ3) is 8.77. The van der Waals surface area contributed by atoms with Crippen LogP contribution >= 0.6 is 0 Å². The first-order valence-corrected chi connectivity index (χ1v) is 10.7. The second-order valence-electron chi connectivity index (χ2n) is 7.57. The molecular weight excluding hydrogens is 326 g/mol. The van der Waals surface area contributed by atoms with Crippen LogP contribution in [-0.4, -0.2) is 14.8 Å². The van der Waals surface area contributed by atoms with Gasteiger partial charge >= 0.3 is 0 Å². The highest BCUT2D eigenvalue weighted by Crippen LogP contribution is 2.17. The van der Waals surface area contributed by atoms with E-state index in [1.54, 1.807) is 11.5 Å². The van der Waals surface area contributed by atoms with Crippen molar-refractivity contribution >= 4 is 0 Å². The fourth-order valence-electron chi connectivity index (χ4n) is 3.43. The topological polar surface area (TPSA) is 62.5 Å². The highest BCUT2D eigenvalue weighted by molar-refractivity contribution is 5.33. The molecule has 0 radical (unpaired) electrons. The number of hydrogen-bond donors (Lipinski definition) is 2. The standard InChI is InChI=1S/C22H39NO3/c1-3-4-5-6-7-8-9-10-11-12-13-14-15-16-17-23-18-20(24)22(26)21(25)19(23)2/h18,24-25H,3-17H2,1-2H3. The Kier molecular flexibility index (Phi) is 11.9. The Morgan fingerprint density at radius 1 is 0.769 bits per heavy atom. The van der Waals surface area contributed by atoms with Crippen molar-refractivity contribution in [1.82, 2.24) is 4.57 Å². The summed E-state index contributed by atoms with van der Waals surface area (Å²) in [5, 5.41) is 19.2.